The van der Waals surface area contributed by atoms with E-state index in [1.165, 1.54) is 0 Å². The van der Waals surface area contributed by atoms with E-state index >= 15 is 0 Å². The standard InChI is InChI=1S/C14H18O2/c1-4-12(2)9-10-16-11-13-5-7-14(15-3)8-6-13/h1,5-8,12H,9-11H2,2-3H3/t12-/m1/s1. The fraction of sp³-hybridized carbons (Fsp3) is 0.429. The van der Waals surface area contributed by atoms with Crippen molar-refractivity contribution in [2.45, 2.75) is 20.0 Å². The Bertz CT molecular complexity index is 335. The van der Waals surface area contributed by atoms with E-state index in [1.807, 2.05) is 31.2 Å². The molecule has 0 spiro atoms. The summed E-state index contributed by atoms with van der Waals surface area (Å²) in [5, 5.41) is 0. The summed E-state index contributed by atoms with van der Waals surface area (Å²) in [7, 11) is 1.66. The molecule has 0 heterocycles. The van der Waals surface area contributed by atoms with Gasteiger partial charge in [0.2, 0.25) is 0 Å². The smallest absolute Gasteiger partial charge is 0.118 e. The first-order chi connectivity index (χ1) is 7.76. The lowest BCUT2D eigenvalue weighted by Crippen LogP contribution is -2.00. The Labute approximate surface area is 97.6 Å². The van der Waals surface area contributed by atoms with Crippen LogP contribution in [-0.4, -0.2) is 13.7 Å². The number of hydrogen-bond acceptors (Lipinski definition) is 2. The van der Waals surface area contributed by atoms with Crippen LogP contribution in [0.1, 0.15) is 18.9 Å². The van der Waals surface area contributed by atoms with Gasteiger partial charge in [-0.1, -0.05) is 19.1 Å². The number of rotatable bonds is 6. The second-order valence-electron chi connectivity index (χ2n) is 3.76. The normalized spacial score (nSPS) is 11.8. The first-order valence-electron chi connectivity index (χ1n) is 5.43. The Morgan fingerprint density at radius 2 is 2.00 bits per heavy atom. The van der Waals surface area contributed by atoms with Crippen molar-refractivity contribution in [3.63, 3.8) is 0 Å². The molecule has 2 nitrogen and oxygen atoms in total. The largest absolute Gasteiger partial charge is 0.497 e. The minimum atomic E-state index is 0.288. The maximum Gasteiger partial charge on any atom is 0.118 e. The highest BCUT2D eigenvalue weighted by Gasteiger charge is 1.98. The summed E-state index contributed by atoms with van der Waals surface area (Å²) in [5.41, 5.74) is 1.15. The van der Waals surface area contributed by atoms with Gasteiger partial charge in [-0.3, -0.25) is 0 Å². The molecule has 0 amide bonds. The van der Waals surface area contributed by atoms with Gasteiger partial charge in [-0.05, 0) is 24.1 Å². The van der Waals surface area contributed by atoms with Crippen molar-refractivity contribution in [2.24, 2.45) is 5.92 Å². The first kappa shape index (κ1) is 12.6. The van der Waals surface area contributed by atoms with Gasteiger partial charge in [0.1, 0.15) is 5.75 Å². The summed E-state index contributed by atoms with van der Waals surface area (Å²) in [6, 6.07) is 7.87. The fourth-order valence-electron chi connectivity index (χ4n) is 1.26. The molecule has 0 fully saturated rings. The van der Waals surface area contributed by atoms with E-state index in [0.29, 0.717) is 13.2 Å². The van der Waals surface area contributed by atoms with Gasteiger partial charge in [0.05, 0.1) is 13.7 Å². The molecule has 0 aliphatic rings. The molecule has 16 heavy (non-hydrogen) atoms. The van der Waals surface area contributed by atoms with Crippen molar-refractivity contribution >= 4 is 0 Å². The van der Waals surface area contributed by atoms with Crippen molar-refractivity contribution in [1.29, 1.82) is 0 Å². The highest BCUT2D eigenvalue weighted by molar-refractivity contribution is 5.26. The lowest BCUT2D eigenvalue weighted by atomic mass is 10.1. The predicted octanol–water partition coefficient (Wildman–Crippen LogP) is 2.87. The topological polar surface area (TPSA) is 18.5 Å². The average molecular weight is 218 g/mol. The maximum absolute atomic E-state index is 5.53. The molecule has 1 aromatic rings. The van der Waals surface area contributed by atoms with Crippen LogP contribution in [0.5, 0.6) is 5.75 Å². The fourth-order valence-corrected chi connectivity index (χ4v) is 1.26. The van der Waals surface area contributed by atoms with Crippen LogP contribution in [0.3, 0.4) is 0 Å². The van der Waals surface area contributed by atoms with Gasteiger partial charge < -0.3 is 9.47 Å². The molecule has 1 atom stereocenters. The summed E-state index contributed by atoms with van der Waals surface area (Å²) >= 11 is 0. The monoisotopic (exact) mass is 218 g/mol. The SMILES string of the molecule is C#C[C@@H](C)CCOCc1ccc(OC)cc1. The molecule has 1 aromatic carbocycles. The van der Waals surface area contributed by atoms with Crippen LogP contribution in [0, 0.1) is 18.3 Å². The number of ether oxygens (including phenoxy) is 2. The Morgan fingerprint density at radius 3 is 2.56 bits per heavy atom. The van der Waals surface area contributed by atoms with Crippen LogP contribution in [0.15, 0.2) is 24.3 Å². The third-order valence-electron chi connectivity index (χ3n) is 2.41. The second kappa shape index (κ2) is 6.92. The van der Waals surface area contributed by atoms with Crippen LogP contribution >= 0.6 is 0 Å². The summed E-state index contributed by atoms with van der Waals surface area (Å²) in [4.78, 5) is 0. The highest BCUT2D eigenvalue weighted by atomic mass is 16.5. The average Bonchev–Trinajstić information content (AvgIpc) is 2.35. The number of methoxy groups -OCH3 is 1. The molecule has 0 aliphatic carbocycles. The van der Waals surface area contributed by atoms with Crippen molar-refractivity contribution in [1.82, 2.24) is 0 Å². The minimum Gasteiger partial charge on any atom is -0.497 e. The number of terminal acetylenes is 1. The molecule has 0 bridgehead atoms. The summed E-state index contributed by atoms with van der Waals surface area (Å²) < 4.78 is 10.6. The van der Waals surface area contributed by atoms with Crippen LogP contribution in [0.25, 0.3) is 0 Å². The summed E-state index contributed by atoms with van der Waals surface area (Å²) in [5.74, 6) is 3.84. The van der Waals surface area contributed by atoms with E-state index in [1.54, 1.807) is 7.11 Å². The molecule has 1 rings (SSSR count). The summed E-state index contributed by atoms with van der Waals surface area (Å²) in [6.07, 6.45) is 6.19. The van der Waals surface area contributed by atoms with Crippen molar-refractivity contribution in [2.75, 3.05) is 13.7 Å². The molecule has 0 N–H and O–H groups in total. The molecule has 0 aliphatic heterocycles. The van der Waals surface area contributed by atoms with Crippen LogP contribution in [0.2, 0.25) is 0 Å². The molecule has 0 saturated carbocycles. The van der Waals surface area contributed by atoms with Gasteiger partial charge in [-0.25, -0.2) is 0 Å². The van der Waals surface area contributed by atoms with E-state index in [0.717, 1.165) is 17.7 Å². The second-order valence-corrected chi connectivity index (χ2v) is 3.76. The first-order valence-corrected chi connectivity index (χ1v) is 5.43. The zero-order chi connectivity index (χ0) is 11.8. The minimum absolute atomic E-state index is 0.288. The van der Waals surface area contributed by atoms with E-state index in [9.17, 15) is 0 Å². The van der Waals surface area contributed by atoms with E-state index < -0.39 is 0 Å². The van der Waals surface area contributed by atoms with Crippen LogP contribution in [0.4, 0.5) is 0 Å². The van der Waals surface area contributed by atoms with Crippen molar-refractivity contribution < 1.29 is 9.47 Å². The maximum atomic E-state index is 5.53. The lowest BCUT2D eigenvalue weighted by Gasteiger charge is -2.06. The van der Waals surface area contributed by atoms with Gasteiger partial charge >= 0.3 is 0 Å². The van der Waals surface area contributed by atoms with Gasteiger partial charge in [-0.2, -0.15) is 0 Å². The molecular formula is C14H18O2. The van der Waals surface area contributed by atoms with Crippen molar-refractivity contribution in [3.05, 3.63) is 29.8 Å². The Kier molecular flexibility index (Phi) is 5.45. The molecule has 0 aromatic heterocycles. The molecule has 0 radical (unpaired) electrons. The van der Waals surface area contributed by atoms with Crippen LogP contribution < -0.4 is 4.74 Å². The lowest BCUT2D eigenvalue weighted by molar-refractivity contribution is 0.113. The molecule has 0 saturated heterocycles. The molecule has 2 heteroatoms. The Balaban J connectivity index is 2.24. The number of benzene rings is 1. The highest BCUT2D eigenvalue weighted by Crippen LogP contribution is 2.12. The zero-order valence-electron chi connectivity index (χ0n) is 9.90. The zero-order valence-corrected chi connectivity index (χ0v) is 9.90. The Hall–Kier alpha value is -1.46. The van der Waals surface area contributed by atoms with E-state index in [-0.39, 0.29) is 5.92 Å². The van der Waals surface area contributed by atoms with Gasteiger partial charge in [-0.15, -0.1) is 12.3 Å². The third-order valence-corrected chi connectivity index (χ3v) is 2.41. The predicted molar refractivity (Wildman–Crippen MR) is 65.3 cm³/mol. The Morgan fingerprint density at radius 1 is 1.31 bits per heavy atom. The van der Waals surface area contributed by atoms with Crippen molar-refractivity contribution in [3.8, 4) is 18.1 Å². The van der Waals surface area contributed by atoms with Gasteiger partial charge in [0.25, 0.3) is 0 Å². The third kappa shape index (κ3) is 4.37. The van der Waals surface area contributed by atoms with Crippen LogP contribution in [-0.2, 0) is 11.3 Å². The van der Waals surface area contributed by atoms with E-state index in [4.69, 9.17) is 15.9 Å². The van der Waals surface area contributed by atoms with Gasteiger partial charge in [0, 0.05) is 12.5 Å². The quantitative estimate of drug-likeness (QED) is 0.540. The molecular weight excluding hydrogens is 200 g/mol. The molecule has 86 valence electrons. The number of hydrogen-bond donors (Lipinski definition) is 0. The summed E-state index contributed by atoms with van der Waals surface area (Å²) in [6.45, 7) is 3.36. The van der Waals surface area contributed by atoms with E-state index in [2.05, 4.69) is 5.92 Å². The van der Waals surface area contributed by atoms with Gasteiger partial charge in [0.15, 0.2) is 0 Å². The molecule has 0 unspecified atom stereocenters.